The van der Waals surface area contributed by atoms with Gasteiger partial charge >= 0.3 is 0 Å². The molecule has 0 saturated carbocycles. The molecule has 0 aliphatic rings. The van der Waals surface area contributed by atoms with Crippen LogP contribution in [-0.4, -0.2) is 25.6 Å². The molecule has 3 aromatic rings. The molecule has 0 aliphatic carbocycles. The summed E-state index contributed by atoms with van der Waals surface area (Å²) in [4.78, 5) is 27.1. The van der Waals surface area contributed by atoms with Gasteiger partial charge in [-0.05, 0) is 36.8 Å². The van der Waals surface area contributed by atoms with Gasteiger partial charge in [0, 0.05) is 16.7 Å². The van der Waals surface area contributed by atoms with Gasteiger partial charge in [-0.25, -0.2) is 9.67 Å². The number of hydrogen-bond donors (Lipinski definition) is 1. The number of benzene rings is 2. The number of carbonyl (C=O) groups is 1. The van der Waals surface area contributed by atoms with E-state index < -0.39 is 10.8 Å². The van der Waals surface area contributed by atoms with Crippen molar-refractivity contribution >= 4 is 23.2 Å². The molecule has 0 fully saturated rings. The van der Waals surface area contributed by atoms with Crippen molar-refractivity contribution in [2.45, 2.75) is 13.0 Å². The molecule has 1 N–H and O–H groups in total. The Morgan fingerprint density at radius 2 is 2.12 bits per heavy atom. The smallest absolute Gasteiger partial charge is 0.295 e. The first kappa shape index (κ1) is 17.6. The predicted octanol–water partition coefficient (Wildman–Crippen LogP) is 3.32. The summed E-state index contributed by atoms with van der Waals surface area (Å²) < 4.78 is 1.27. The third kappa shape index (κ3) is 3.70. The highest BCUT2D eigenvalue weighted by Gasteiger charge is 2.20. The molecule has 9 heteroatoms. The third-order valence-electron chi connectivity index (χ3n) is 3.80. The number of aromatic nitrogens is 3. The minimum atomic E-state index is -0.561. The Morgan fingerprint density at radius 3 is 2.77 bits per heavy atom. The fraction of sp³-hybridized carbons (Fsp3) is 0.118. The van der Waals surface area contributed by atoms with Gasteiger partial charge in [0.2, 0.25) is 0 Å². The second-order valence-electron chi connectivity index (χ2n) is 5.55. The summed E-state index contributed by atoms with van der Waals surface area (Å²) in [6, 6.07) is 11.0. The van der Waals surface area contributed by atoms with E-state index in [2.05, 4.69) is 15.4 Å². The average molecular weight is 372 g/mol. The average Bonchev–Trinajstić information content (AvgIpc) is 3.15. The lowest BCUT2D eigenvalue weighted by Gasteiger charge is -2.15. The third-order valence-corrected chi connectivity index (χ3v) is 4.03. The van der Waals surface area contributed by atoms with E-state index >= 15 is 0 Å². The van der Waals surface area contributed by atoms with Crippen LogP contribution < -0.4 is 5.32 Å². The molecular weight excluding hydrogens is 358 g/mol. The van der Waals surface area contributed by atoms with Crippen LogP contribution in [0.15, 0.2) is 55.1 Å². The van der Waals surface area contributed by atoms with Crippen molar-refractivity contribution < 1.29 is 9.72 Å². The van der Waals surface area contributed by atoms with Crippen LogP contribution in [0.25, 0.3) is 5.69 Å². The van der Waals surface area contributed by atoms with E-state index in [4.69, 9.17) is 11.6 Å². The van der Waals surface area contributed by atoms with E-state index in [0.717, 1.165) is 5.56 Å². The molecule has 0 radical (unpaired) electrons. The maximum absolute atomic E-state index is 12.5. The highest BCUT2D eigenvalue weighted by molar-refractivity contribution is 6.30. The van der Waals surface area contributed by atoms with E-state index in [1.54, 1.807) is 18.2 Å². The Hall–Kier alpha value is -3.26. The minimum Gasteiger partial charge on any atom is -0.346 e. The molecule has 0 saturated heterocycles. The lowest BCUT2D eigenvalue weighted by Crippen LogP contribution is -2.26. The molecule has 8 nitrogen and oxygen atoms in total. The van der Waals surface area contributed by atoms with Gasteiger partial charge in [-0.15, -0.1) is 0 Å². The fourth-order valence-corrected chi connectivity index (χ4v) is 2.68. The molecule has 3 rings (SSSR count). The van der Waals surface area contributed by atoms with Crippen molar-refractivity contribution in [3.05, 3.63) is 81.4 Å². The number of hydrogen-bond acceptors (Lipinski definition) is 5. The van der Waals surface area contributed by atoms with E-state index in [1.807, 2.05) is 13.0 Å². The first-order chi connectivity index (χ1) is 12.5. The summed E-state index contributed by atoms with van der Waals surface area (Å²) in [5.41, 5.74) is 1.000. The number of nitrogens with one attached hydrogen (secondary N) is 1. The molecule has 1 heterocycles. The molecule has 132 valence electrons. The molecular formula is C17H14ClN5O3. The van der Waals surface area contributed by atoms with Gasteiger partial charge in [0.15, 0.2) is 0 Å². The summed E-state index contributed by atoms with van der Waals surface area (Å²) in [5.74, 6) is -0.425. The van der Waals surface area contributed by atoms with Gasteiger partial charge in [0.05, 0.1) is 11.0 Å². The number of nitro benzene ring substituents is 1. The molecule has 1 aromatic heterocycles. The van der Waals surface area contributed by atoms with E-state index in [9.17, 15) is 14.9 Å². The van der Waals surface area contributed by atoms with Crippen LogP contribution in [-0.2, 0) is 0 Å². The summed E-state index contributed by atoms with van der Waals surface area (Å²) >= 11 is 5.96. The summed E-state index contributed by atoms with van der Waals surface area (Å²) in [5, 5.41) is 18.6. The van der Waals surface area contributed by atoms with Crippen LogP contribution >= 0.6 is 11.6 Å². The minimum absolute atomic E-state index is 0.175. The van der Waals surface area contributed by atoms with Crippen LogP contribution in [0.1, 0.15) is 28.9 Å². The summed E-state index contributed by atoms with van der Waals surface area (Å²) in [7, 11) is 0. The number of amides is 1. The topological polar surface area (TPSA) is 103 Å². The van der Waals surface area contributed by atoms with Crippen LogP contribution in [0.3, 0.4) is 0 Å². The van der Waals surface area contributed by atoms with E-state index in [1.165, 1.54) is 35.5 Å². The summed E-state index contributed by atoms with van der Waals surface area (Å²) in [6.45, 7) is 1.81. The number of halogens is 1. The number of rotatable bonds is 5. The Morgan fingerprint density at radius 1 is 1.31 bits per heavy atom. The van der Waals surface area contributed by atoms with Crippen LogP contribution in [0.5, 0.6) is 0 Å². The van der Waals surface area contributed by atoms with Crippen molar-refractivity contribution in [3.8, 4) is 5.69 Å². The first-order valence-electron chi connectivity index (χ1n) is 7.65. The van der Waals surface area contributed by atoms with Crippen LogP contribution in [0.4, 0.5) is 5.69 Å². The maximum atomic E-state index is 12.5. The van der Waals surface area contributed by atoms with Crippen LogP contribution in [0, 0.1) is 10.1 Å². The van der Waals surface area contributed by atoms with E-state index in [0.29, 0.717) is 5.02 Å². The molecule has 1 amide bonds. The number of nitrogens with zero attached hydrogens (tertiary/aromatic N) is 4. The Bertz CT molecular complexity index is 959. The molecule has 26 heavy (non-hydrogen) atoms. The Balaban J connectivity index is 1.86. The predicted molar refractivity (Wildman–Crippen MR) is 95.3 cm³/mol. The highest BCUT2D eigenvalue weighted by atomic mass is 35.5. The lowest BCUT2D eigenvalue weighted by molar-refractivity contribution is -0.384. The lowest BCUT2D eigenvalue weighted by atomic mass is 10.1. The van der Waals surface area contributed by atoms with E-state index in [-0.39, 0.29) is 23.0 Å². The number of carbonyl (C=O) groups excluding carboxylic acids is 1. The summed E-state index contributed by atoms with van der Waals surface area (Å²) in [6.07, 6.45) is 2.63. The molecule has 0 spiro atoms. The zero-order chi connectivity index (χ0) is 18.7. The SMILES string of the molecule is C[C@H](NC(=O)c1ccc(-n2cncn2)c([N+](=O)[O-])c1)c1cccc(Cl)c1. The van der Waals surface area contributed by atoms with Crippen molar-refractivity contribution in [2.24, 2.45) is 0 Å². The monoisotopic (exact) mass is 371 g/mol. The molecule has 0 bridgehead atoms. The van der Waals surface area contributed by atoms with Gasteiger partial charge in [0.25, 0.3) is 11.6 Å². The molecule has 1 atom stereocenters. The maximum Gasteiger partial charge on any atom is 0.295 e. The van der Waals surface area contributed by atoms with Gasteiger partial charge < -0.3 is 5.32 Å². The van der Waals surface area contributed by atoms with Gasteiger partial charge in [0.1, 0.15) is 18.3 Å². The van der Waals surface area contributed by atoms with Crippen molar-refractivity contribution in [1.29, 1.82) is 0 Å². The Labute approximate surface area is 153 Å². The highest BCUT2D eigenvalue weighted by Crippen LogP contribution is 2.24. The van der Waals surface area contributed by atoms with Crippen LogP contribution in [0.2, 0.25) is 5.02 Å². The first-order valence-corrected chi connectivity index (χ1v) is 8.03. The molecule has 0 aliphatic heterocycles. The van der Waals surface area contributed by atoms with Crippen molar-refractivity contribution in [1.82, 2.24) is 20.1 Å². The second-order valence-corrected chi connectivity index (χ2v) is 5.99. The quantitative estimate of drug-likeness (QED) is 0.547. The zero-order valence-corrected chi connectivity index (χ0v) is 14.4. The van der Waals surface area contributed by atoms with Crippen molar-refractivity contribution in [3.63, 3.8) is 0 Å². The fourth-order valence-electron chi connectivity index (χ4n) is 2.48. The van der Waals surface area contributed by atoms with Gasteiger partial charge in [-0.1, -0.05) is 23.7 Å². The van der Waals surface area contributed by atoms with Crippen molar-refractivity contribution in [2.75, 3.05) is 0 Å². The normalized spacial score (nSPS) is 11.8. The van der Waals surface area contributed by atoms with Gasteiger partial charge in [-0.3, -0.25) is 14.9 Å². The second kappa shape index (κ2) is 7.32. The standard InChI is InChI=1S/C17H14ClN5O3/c1-11(12-3-2-4-14(18)7-12)21-17(24)13-5-6-15(16(8-13)23(25)26)22-10-19-9-20-22/h2-11H,1H3,(H,21,24)/t11-/m0/s1. The largest absolute Gasteiger partial charge is 0.346 e. The zero-order valence-electron chi connectivity index (χ0n) is 13.7. The Kier molecular flexibility index (Phi) is 4.94. The molecule has 2 aromatic carbocycles. The number of nitro groups is 1. The molecule has 0 unspecified atom stereocenters. The van der Waals surface area contributed by atoms with Gasteiger partial charge in [-0.2, -0.15) is 5.10 Å².